The summed E-state index contributed by atoms with van der Waals surface area (Å²) in [6, 6.07) is 5.76. The SMILES string of the molecule is CC(C)Oc1cc(C(=O)NC2CCCC2)cc2occc12. The molecule has 0 saturated heterocycles. The Kier molecular flexibility index (Phi) is 3.86. The number of furan rings is 1. The Bertz CT molecular complexity index is 639. The number of amides is 1. The van der Waals surface area contributed by atoms with Gasteiger partial charge in [-0.2, -0.15) is 0 Å². The summed E-state index contributed by atoms with van der Waals surface area (Å²) in [6.45, 7) is 3.94. The summed E-state index contributed by atoms with van der Waals surface area (Å²) >= 11 is 0. The van der Waals surface area contributed by atoms with E-state index in [1.54, 1.807) is 12.3 Å². The maximum atomic E-state index is 12.4. The Morgan fingerprint density at radius 2 is 2.10 bits per heavy atom. The van der Waals surface area contributed by atoms with Crippen LogP contribution in [0.3, 0.4) is 0 Å². The minimum absolute atomic E-state index is 0.0474. The van der Waals surface area contributed by atoms with Crippen LogP contribution in [0, 0.1) is 0 Å². The third kappa shape index (κ3) is 3.04. The van der Waals surface area contributed by atoms with E-state index in [1.165, 1.54) is 12.8 Å². The van der Waals surface area contributed by atoms with Crippen molar-refractivity contribution in [1.82, 2.24) is 5.32 Å². The van der Waals surface area contributed by atoms with E-state index < -0.39 is 0 Å². The Hall–Kier alpha value is -1.97. The van der Waals surface area contributed by atoms with Crippen LogP contribution in [-0.4, -0.2) is 18.1 Å². The van der Waals surface area contributed by atoms with Crippen LogP contribution in [0.2, 0.25) is 0 Å². The van der Waals surface area contributed by atoms with Gasteiger partial charge in [0, 0.05) is 11.6 Å². The van der Waals surface area contributed by atoms with E-state index in [9.17, 15) is 4.79 Å². The molecule has 1 amide bonds. The van der Waals surface area contributed by atoms with Crippen LogP contribution in [0.15, 0.2) is 28.9 Å². The summed E-state index contributed by atoms with van der Waals surface area (Å²) in [6.07, 6.45) is 6.22. The lowest BCUT2D eigenvalue weighted by atomic mass is 10.1. The number of ether oxygens (including phenoxy) is 1. The van der Waals surface area contributed by atoms with Gasteiger partial charge in [0.05, 0.1) is 17.8 Å². The van der Waals surface area contributed by atoms with Gasteiger partial charge in [0.15, 0.2) is 0 Å². The van der Waals surface area contributed by atoms with Crippen LogP contribution in [0.5, 0.6) is 5.75 Å². The molecule has 1 aromatic heterocycles. The molecule has 2 aromatic rings. The van der Waals surface area contributed by atoms with Gasteiger partial charge in [-0.1, -0.05) is 12.8 Å². The molecule has 1 aromatic carbocycles. The molecule has 0 radical (unpaired) electrons. The topological polar surface area (TPSA) is 51.5 Å². The number of carbonyl (C=O) groups excluding carboxylic acids is 1. The summed E-state index contributed by atoms with van der Waals surface area (Å²) < 4.78 is 11.2. The van der Waals surface area contributed by atoms with Crippen molar-refractivity contribution in [3.8, 4) is 5.75 Å². The van der Waals surface area contributed by atoms with Crippen LogP contribution in [0.1, 0.15) is 49.9 Å². The first-order chi connectivity index (χ1) is 10.1. The highest BCUT2D eigenvalue weighted by atomic mass is 16.5. The minimum Gasteiger partial charge on any atom is -0.490 e. The lowest BCUT2D eigenvalue weighted by molar-refractivity contribution is 0.0937. The lowest BCUT2D eigenvalue weighted by Gasteiger charge is -2.14. The fourth-order valence-corrected chi connectivity index (χ4v) is 2.86. The highest BCUT2D eigenvalue weighted by Crippen LogP contribution is 2.30. The molecule has 0 spiro atoms. The number of carbonyl (C=O) groups is 1. The zero-order chi connectivity index (χ0) is 14.8. The number of nitrogens with one attached hydrogen (secondary N) is 1. The van der Waals surface area contributed by atoms with Crippen molar-refractivity contribution < 1.29 is 13.9 Å². The first kappa shape index (κ1) is 14.0. The molecule has 1 N–H and O–H groups in total. The quantitative estimate of drug-likeness (QED) is 0.928. The Balaban J connectivity index is 1.88. The highest BCUT2D eigenvalue weighted by Gasteiger charge is 2.19. The van der Waals surface area contributed by atoms with Gasteiger partial charge >= 0.3 is 0 Å². The molecular weight excluding hydrogens is 266 g/mol. The third-order valence-corrected chi connectivity index (χ3v) is 3.85. The van der Waals surface area contributed by atoms with E-state index in [-0.39, 0.29) is 12.0 Å². The summed E-state index contributed by atoms with van der Waals surface area (Å²) in [5.74, 6) is 0.654. The van der Waals surface area contributed by atoms with Gasteiger partial charge in [0.2, 0.25) is 0 Å². The van der Waals surface area contributed by atoms with Crippen LogP contribution >= 0.6 is 0 Å². The fraction of sp³-hybridized carbons (Fsp3) is 0.471. The molecule has 1 aliphatic rings. The smallest absolute Gasteiger partial charge is 0.251 e. The van der Waals surface area contributed by atoms with Crippen molar-refractivity contribution in [3.63, 3.8) is 0 Å². The maximum absolute atomic E-state index is 12.4. The molecule has 1 fully saturated rings. The zero-order valence-corrected chi connectivity index (χ0v) is 12.5. The summed E-state index contributed by atoms with van der Waals surface area (Å²) in [7, 11) is 0. The molecule has 0 bridgehead atoms. The van der Waals surface area contributed by atoms with E-state index in [4.69, 9.17) is 9.15 Å². The second kappa shape index (κ2) is 5.80. The van der Waals surface area contributed by atoms with Gasteiger partial charge in [-0.05, 0) is 44.9 Å². The van der Waals surface area contributed by atoms with Crippen molar-refractivity contribution in [3.05, 3.63) is 30.0 Å². The van der Waals surface area contributed by atoms with Gasteiger partial charge in [-0.25, -0.2) is 0 Å². The molecule has 1 aliphatic carbocycles. The largest absolute Gasteiger partial charge is 0.490 e. The molecule has 1 heterocycles. The maximum Gasteiger partial charge on any atom is 0.251 e. The number of hydrogen-bond donors (Lipinski definition) is 1. The molecule has 0 atom stereocenters. The average Bonchev–Trinajstić information content (AvgIpc) is 3.08. The molecular formula is C17H21NO3. The van der Waals surface area contributed by atoms with Gasteiger partial charge in [0.25, 0.3) is 5.91 Å². The molecule has 4 heteroatoms. The van der Waals surface area contributed by atoms with Gasteiger partial charge < -0.3 is 14.5 Å². The van der Waals surface area contributed by atoms with Crippen molar-refractivity contribution >= 4 is 16.9 Å². The van der Waals surface area contributed by atoms with Gasteiger partial charge in [0.1, 0.15) is 11.3 Å². The summed E-state index contributed by atoms with van der Waals surface area (Å²) in [5, 5.41) is 4.00. The van der Waals surface area contributed by atoms with Crippen LogP contribution in [-0.2, 0) is 0 Å². The molecule has 3 rings (SSSR count). The van der Waals surface area contributed by atoms with Crippen molar-refractivity contribution in [1.29, 1.82) is 0 Å². The molecule has 0 unspecified atom stereocenters. The number of hydrogen-bond acceptors (Lipinski definition) is 3. The first-order valence-corrected chi connectivity index (χ1v) is 7.62. The number of rotatable bonds is 4. The Labute approximate surface area is 124 Å². The van der Waals surface area contributed by atoms with Crippen molar-refractivity contribution in [2.75, 3.05) is 0 Å². The predicted octanol–water partition coefficient (Wildman–Crippen LogP) is 3.89. The van der Waals surface area contributed by atoms with E-state index >= 15 is 0 Å². The minimum atomic E-state index is -0.0474. The fourth-order valence-electron chi connectivity index (χ4n) is 2.86. The van der Waals surface area contributed by atoms with Gasteiger partial charge in [-0.15, -0.1) is 0 Å². The lowest BCUT2D eigenvalue weighted by Crippen LogP contribution is -2.32. The Morgan fingerprint density at radius 1 is 1.33 bits per heavy atom. The Morgan fingerprint density at radius 3 is 2.81 bits per heavy atom. The monoisotopic (exact) mass is 287 g/mol. The second-order valence-electron chi connectivity index (χ2n) is 5.93. The van der Waals surface area contributed by atoms with E-state index in [0.29, 0.717) is 22.9 Å². The van der Waals surface area contributed by atoms with E-state index in [2.05, 4.69) is 5.32 Å². The normalized spacial score (nSPS) is 15.8. The number of benzene rings is 1. The molecule has 0 aliphatic heterocycles. The molecule has 1 saturated carbocycles. The third-order valence-electron chi connectivity index (χ3n) is 3.85. The van der Waals surface area contributed by atoms with Crippen molar-refractivity contribution in [2.24, 2.45) is 0 Å². The number of fused-ring (bicyclic) bond motifs is 1. The molecule has 4 nitrogen and oxygen atoms in total. The zero-order valence-electron chi connectivity index (χ0n) is 12.5. The molecule has 112 valence electrons. The van der Waals surface area contributed by atoms with E-state index in [1.807, 2.05) is 26.0 Å². The molecule has 21 heavy (non-hydrogen) atoms. The highest BCUT2D eigenvalue weighted by molar-refractivity contribution is 5.99. The van der Waals surface area contributed by atoms with E-state index in [0.717, 1.165) is 18.2 Å². The van der Waals surface area contributed by atoms with Crippen LogP contribution in [0.25, 0.3) is 11.0 Å². The van der Waals surface area contributed by atoms with Gasteiger partial charge in [-0.3, -0.25) is 4.79 Å². The van der Waals surface area contributed by atoms with Crippen LogP contribution in [0.4, 0.5) is 0 Å². The van der Waals surface area contributed by atoms with Crippen molar-refractivity contribution in [2.45, 2.75) is 51.7 Å². The predicted molar refractivity (Wildman–Crippen MR) is 81.7 cm³/mol. The first-order valence-electron chi connectivity index (χ1n) is 7.62. The average molecular weight is 287 g/mol. The summed E-state index contributed by atoms with van der Waals surface area (Å²) in [5.41, 5.74) is 1.28. The standard InChI is InChI=1S/C17H21NO3/c1-11(2)21-16-10-12(9-15-14(16)7-8-20-15)17(19)18-13-5-3-4-6-13/h7-11,13H,3-6H2,1-2H3,(H,18,19). The second-order valence-corrected chi connectivity index (χ2v) is 5.93. The summed E-state index contributed by atoms with van der Waals surface area (Å²) in [4.78, 5) is 12.4. The van der Waals surface area contributed by atoms with Crippen LogP contribution < -0.4 is 10.1 Å².